The van der Waals surface area contributed by atoms with Gasteiger partial charge in [-0.15, -0.1) is 5.10 Å². The fourth-order valence-corrected chi connectivity index (χ4v) is 1.75. The normalized spacial score (nSPS) is 13.4. The lowest BCUT2D eigenvalue weighted by atomic mass is 9.97. The van der Waals surface area contributed by atoms with Crippen LogP contribution in [0.3, 0.4) is 0 Å². The lowest BCUT2D eigenvalue weighted by Gasteiger charge is -2.19. The molecule has 0 amide bonds. The number of rotatable bonds is 5. The molecule has 1 unspecified atom stereocenters. The third-order valence-corrected chi connectivity index (χ3v) is 2.96. The summed E-state index contributed by atoms with van der Waals surface area (Å²) in [5.74, 6) is 1.23. The number of nitrogens with two attached hydrogens (primary N) is 1. The van der Waals surface area contributed by atoms with Crippen molar-refractivity contribution in [1.82, 2.24) is 14.8 Å². The Hall–Kier alpha value is -0.620. The minimum absolute atomic E-state index is 0.293. The number of halogens is 1. The Kier molecular flexibility index (Phi) is 4.53. The van der Waals surface area contributed by atoms with E-state index in [9.17, 15) is 0 Å². The molecule has 6 heteroatoms. The highest BCUT2D eigenvalue weighted by Crippen LogP contribution is 2.17. The van der Waals surface area contributed by atoms with E-state index in [0.717, 1.165) is 6.54 Å². The maximum Gasteiger partial charge on any atom is 0.240 e. The molecule has 5 nitrogen and oxygen atoms in total. The molecule has 86 valence electrons. The molecule has 1 rings (SSSR count). The summed E-state index contributed by atoms with van der Waals surface area (Å²) in [5, 5.41) is 4.10. The highest BCUT2D eigenvalue weighted by atomic mass is 79.9. The molecule has 2 N–H and O–H groups in total. The van der Waals surface area contributed by atoms with Crippen LogP contribution >= 0.6 is 15.9 Å². The minimum Gasteiger partial charge on any atom is -0.384 e. The molecule has 0 fully saturated rings. The van der Waals surface area contributed by atoms with Crippen molar-refractivity contribution in [3.8, 4) is 0 Å². The van der Waals surface area contributed by atoms with Gasteiger partial charge in [0.05, 0.1) is 6.61 Å². The van der Waals surface area contributed by atoms with Crippen LogP contribution < -0.4 is 5.73 Å². The van der Waals surface area contributed by atoms with E-state index in [-0.39, 0.29) is 0 Å². The van der Waals surface area contributed by atoms with Gasteiger partial charge in [0.1, 0.15) is 0 Å². The van der Waals surface area contributed by atoms with Crippen LogP contribution in [0.1, 0.15) is 13.8 Å². The SMILES string of the molecule is COCC(Cn1nc(N)nc1Br)C(C)C. The first-order valence-corrected chi connectivity index (χ1v) is 5.68. The number of methoxy groups -OCH3 is 1. The number of hydrogen-bond acceptors (Lipinski definition) is 4. The second kappa shape index (κ2) is 5.46. The van der Waals surface area contributed by atoms with Crippen LogP contribution in [-0.4, -0.2) is 28.5 Å². The topological polar surface area (TPSA) is 66.0 Å². The van der Waals surface area contributed by atoms with Crippen molar-refractivity contribution in [1.29, 1.82) is 0 Å². The van der Waals surface area contributed by atoms with Gasteiger partial charge in [0.15, 0.2) is 4.73 Å². The maximum atomic E-state index is 5.50. The Labute approximate surface area is 98.1 Å². The van der Waals surface area contributed by atoms with E-state index in [1.165, 1.54) is 0 Å². The summed E-state index contributed by atoms with van der Waals surface area (Å²) in [6, 6.07) is 0. The number of hydrogen-bond donors (Lipinski definition) is 1. The van der Waals surface area contributed by atoms with E-state index in [4.69, 9.17) is 10.5 Å². The lowest BCUT2D eigenvalue weighted by molar-refractivity contribution is 0.116. The van der Waals surface area contributed by atoms with Crippen molar-refractivity contribution in [2.24, 2.45) is 11.8 Å². The van der Waals surface area contributed by atoms with Crippen LogP contribution in [-0.2, 0) is 11.3 Å². The van der Waals surface area contributed by atoms with Gasteiger partial charge >= 0.3 is 0 Å². The summed E-state index contributed by atoms with van der Waals surface area (Å²) in [5.41, 5.74) is 5.50. The van der Waals surface area contributed by atoms with Crippen molar-refractivity contribution in [3.05, 3.63) is 4.73 Å². The molecule has 0 aliphatic rings. The predicted molar refractivity (Wildman–Crippen MR) is 62.3 cm³/mol. The average Bonchev–Trinajstić information content (AvgIpc) is 2.44. The second-order valence-electron chi connectivity index (χ2n) is 3.88. The summed E-state index contributed by atoms with van der Waals surface area (Å²) >= 11 is 3.31. The molecule has 1 aromatic rings. The molecule has 0 aliphatic heterocycles. The number of aromatic nitrogens is 3. The average molecular weight is 277 g/mol. The Morgan fingerprint density at radius 1 is 1.53 bits per heavy atom. The second-order valence-corrected chi connectivity index (χ2v) is 4.59. The Morgan fingerprint density at radius 3 is 2.60 bits per heavy atom. The monoisotopic (exact) mass is 276 g/mol. The first kappa shape index (κ1) is 12.4. The van der Waals surface area contributed by atoms with E-state index in [0.29, 0.717) is 29.1 Å². The Morgan fingerprint density at radius 2 is 2.20 bits per heavy atom. The molecule has 0 bridgehead atoms. The van der Waals surface area contributed by atoms with E-state index in [1.54, 1.807) is 11.8 Å². The molecule has 0 saturated heterocycles. The zero-order valence-electron chi connectivity index (χ0n) is 9.27. The van der Waals surface area contributed by atoms with Gasteiger partial charge < -0.3 is 10.5 Å². The van der Waals surface area contributed by atoms with Crippen molar-refractivity contribution < 1.29 is 4.74 Å². The van der Waals surface area contributed by atoms with Gasteiger partial charge in [0.2, 0.25) is 5.95 Å². The van der Waals surface area contributed by atoms with Gasteiger partial charge in [-0.2, -0.15) is 4.98 Å². The minimum atomic E-state index is 0.293. The van der Waals surface area contributed by atoms with E-state index < -0.39 is 0 Å². The number of ether oxygens (including phenoxy) is 1. The van der Waals surface area contributed by atoms with Crippen LogP contribution in [0.4, 0.5) is 5.95 Å². The van der Waals surface area contributed by atoms with Gasteiger partial charge in [-0.25, -0.2) is 4.68 Å². The quantitative estimate of drug-likeness (QED) is 0.886. The summed E-state index contributed by atoms with van der Waals surface area (Å²) in [7, 11) is 1.71. The Balaban J connectivity index is 2.69. The third kappa shape index (κ3) is 3.46. The smallest absolute Gasteiger partial charge is 0.240 e. The zero-order chi connectivity index (χ0) is 11.4. The predicted octanol–water partition coefficient (Wildman–Crippen LogP) is 1.54. The molecule has 0 aromatic carbocycles. The van der Waals surface area contributed by atoms with Gasteiger partial charge in [0.25, 0.3) is 0 Å². The fourth-order valence-electron chi connectivity index (χ4n) is 1.35. The van der Waals surface area contributed by atoms with Crippen LogP contribution in [0.15, 0.2) is 4.73 Å². The number of nitrogens with zero attached hydrogens (tertiary/aromatic N) is 3. The molecule has 15 heavy (non-hydrogen) atoms. The zero-order valence-corrected chi connectivity index (χ0v) is 10.9. The van der Waals surface area contributed by atoms with Crippen molar-refractivity contribution >= 4 is 21.9 Å². The van der Waals surface area contributed by atoms with Crippen molar-refractivity contribution in [2.45, 2.75) is 20.4 Å². The third-order valence-electron chi connectivity index (χ3n) is 2.37. The highest BCUT2D eigenvalue weighted by molar-refractivity contribution is 9.10. The number of nitrogen functional groups attached to an aromatic ring is 1. The molecule has 0 radical (unpaired) electrons. The lowest BCUT2D eigenvalue weighted by Crippen LogP contribution is -2.22. The van der Waals surface area contributed by atoms with Gasteiger partial charge in [-0.1, -0.05) is 13.8 Å². The van der Waals surface area contributed by atoms with Crippen LogP contribution in [0.25, 0.3) is 0 Å². The summed E-state index contributed by atoms with van der Waals surface area (Å²) in [6.45, 7) is 5.80. The molecule has 0 spiro atoms. The summed E-state index contributed by atoms with van der Waals surface area (Å²) in [6.07, 6.45) is 0. The Bertz CT molecular complexity index is 313. The van der Waals surface area contributed by atoms with Gasteiger partial charge in [-0.05, 0) is 21.8 Å². The van der Waals surface area contributed by atoms with E-state index in [2.05, 4.69) is 39.9 Å². The van der Waals surface area contributed by atoms with Crippen LogP contribution in [0.5, 0.6) is 0 Å². The molecule has 1 aromatic heterocycles. The molecule has 1 atom stereocenters. The van der Waals surface area contributed by atoms with Crippen LogP contribution in [0.2, 0.25) is 0 Å². The van der Waals surface area contributed by atoms with E-state index in [1.807, 2.05) is 0 Å². The molecular formula is C9H17BrN4O. The standard InChI is InChI=1S/C9H17BrN4O/c1-6(2)7(5-15-3)4-14-8(10)12-9(11)13-14/h6-7H,4-5H2,1-3H3,(H2,11,13). The summed E-state index contributed by atoms with van der Waals surface area (Å²) in [4.78, 5) is 3.99. The van der Waals surface area contributed by atoms with E-state index >= 15 is 0 Å². The first-order chi connectivity index (χ1) is 7.04. The summed E-state index contributed by atoms with van der Waals surface area (Å²) < 4.78 is 7.61. The highest BCUT2D eigenvalue weighted by Gasteiger charge is 2.16. The van der Waals surface area contributed by atoms with Gasteiger partial charge in [0, 0.05) is 19.6 Å². The van der Waals surface area contributed by atoms with Crippen molar-refractivity contribution in [2.75, 3.05) is 19.5 Å². The van der Waals surface area contributed by atoms with Crippen LogP contribution in [0, 0.1) is 11.8 Å². The molecule has 1 heterocycles. The fraction of sp³-hybridized carbons (Fsp3) is 0.778. The molecule has 0 saturated carbocycles. The maximum absolute atomic E-state index is 5.50. The molecule has 0 aliphatic carbocycles. The number of anilines is 1. The molecular weight excluding hydrogens is 260 g/mol. The van der Waals surface area contributed by atoms with Crippen molar-refractivity contribution in [3.63, 3.8) is 0 Å². The van der Waals surface area contributed by atoms with Gasteiger partial charge in [-0.3, -0.25) is 0 Å². The first-order valence-electron chi connectivity index (χ1n) is 4.89. The largest absolute Gasteiger partial charge is 0.384 e.